The number of hydrogen-bond donors (Lipinski definition) is 1. The third-order valence-corrected chi connectivity index (χ3v) is 3.05. The molecule has 0 bridgehead atoms. The van der Waals surface area contributed by atoms with Gasteiger partial charge in [-0.1, -0.05) is 37.3 Å². The van der Waals surface area contributed by atoms with Gasteiger partial charge in [0.2, 0.25) is 0 Å². The van der Waals surface area contributed by atoms with E-state index in [-0.39, 0.29) is 12.4 Å². The van der Waals surface area contributed by atoms with E-state index in [1.54, 1.807) is 24.3 Å². The zero-order valence-corrected chi connectivity index (χ0v) is 12.1. The first-order valence-electron chi connectivity index (χ1n) is 7.09. The van der Waals surface area contributed by atoms with Gasteiger partial charge in [0, 0.05) is 12.1 Å². The Labute approximate surface area is 124 Å². The largest absolute Gasteiger partial charge is 0.490 e. The summed E-state index contributed by atoms with van der Waals surface area (Å²) in [5, 5.41) is 0. The van der Waals surface area contributed by atoms with Gasteiger partial charge in [-0.25, -0.2) is 4.39 Å². The third kappa shape index (κ3) is 3.95. The number of ether oxygens (including phenoxy) is 2. The summed E-state index contributed by atoms with van der Waals surface area (Å²) in [6.45, 7) is 2.82. The van der Waals surface area contributed by atoms with Crippen molar-refractivity contribution in [1.82, 2.24) is 0 Å². The second-order valence-corrected chi connectivity index (χ2v) is 4.66. The summed E-state index contributed by atoms with van der Waals surface area (Å²) in [6, 6.07) is 13.9. The van der Waals surface area contributed by atoms with Gasteiger partial charge in [-0.2, -0.15) is 0 Å². The van der Waals surface area contributed by atoms with E-state index in [4.69, 9.17) is 15.2 Å². The summed E-state index contributed by atoms with van der Waals surface area (Å²) in [6.07, 6.45) is 0.361. The maximum atomic E-state index is 13.9. The maximum absolute atomic E-state index is 13.9. The fourth-order valence-electron chi connectivity index (χ4n) is 2.01. The maximum Gasteiger partial charge on any atom is 0.162 e. The summed E-state index contributed by atoms with van der Waals surface area (Å²) >= 11 is 0. The van der Waals surface area contributed by atoms with E-state index in [0.29, 0.717) is 23.7 Å². The summed E-state index contributed by atoms with van der Waals surface area (Å²) in [7, 11) is 0. The molecule has 0 aliphatic heterocycles. The normalized spacial score (nSPS) is 12.0. The summed E-state index contributed by atoms with van der Waals surface area (Å²) < 4.78 is 25.4. The second kappa shape index (κ2) is 7.64. The van der Waals surface area contributed by atoms with Gasteiger partial charge >= 0.3 is 0 Å². The number of para-hydroxylation sites is 2. The lowest BCUT2D eigenvalue weighted by molar-refractivity contribution is 0.194. The minimum Gasteiger partial charge on any atom is -0.490 e. The van der Waals surface area contributed by atoms with E-state index in [9.17, 15) is 4.39 Å². The van der Waals surface area contributed by atoms with Crippen LogP contribution >= 0.6 is 0 Å². The van der Waals surface area contributed by atoms with Gasteiger partial charge < -0.3 is 15.2 Å². The predicted octanol–water partition coefficient (Wildman–Crippen LogP) is 3.69. The van der Waals surface area contributed by atoms with Gasteiger partial charge in [-0.3, -0.25) is 0 Å². The summed E-state index contributed by atoms with van der Waals surface area (Å²) in [5.41, 5.74) is 6.19. The highest BCUT2D eigenvalue weighted by Gasteiger charge is 2.17. The molecule has 21 heavy (non-hydrogen) atoms. The van der Waals surface area contributed by atoms with Gasteiger partial charge in [0.25, 0.3) is 0 Å². The van der Waals surface area contributed by atoms with Crippen LogP contribution in [0, 0.1) is 5.82 Å². The van der Waals surface area contributed by atoms with Crippen LogP contribution in [0.25, 0.3) is 0 Å². The molecule has 0 aliphatic carbocycles. The lowest BCUT2D eigenvalue weighted by Crippen LogP contribution is -2.20. The standard InChI is InChI=1S/C17H20FNO2/c1-2-11-20-15-9-5-6-10-16(15)21-17(12-19)13-7-3-4-8-14(13)18/h3-10,17H,2,11-12,19H2,1H3. The molecule has 2 aromatic rings. The van der Waals surface area contributed by atoms with Crippen LogP contribution in [0.2, 0.25) is 0 Å². The zero-order chi connectivity index (χ0) is 15.1. The van der Waals surface area contributed by atoms with Crippen LogP contribution in [0.15, 0.2) is 48.5 Å². The van der Waals surface area contributed by atoms with Crippen LogP contribution in [-0.4, -0.2) is 13.2 Å². The molecule has 0 fully saturated rings. The van der Waals surface area contributed by atoms with Gasteiger partial charge in [0.1, 0.15) is 11.9 Å². The molecule has 0 spiro atoms. The molecular weight excluding hydrogens is 269 g/mol. The Bertz CT molecular complexity index is 574. The quantitative estimate of drug-likeness (QED) is 0.845. The molecule has 0 aliphatic rings. The lowest BCUT2D eigenvalue weighted by Gasteiger charge is -2.20. The molecular formula is C17H20FNO2. The van der Waals surface area contributed by atoms with E-state index < -0.39 is 6.10 Å². The first-order valence-corrected chi connectivity index (χ1v) is 7.09. The van der Waals surface area contributed by atoms with Crippen molar-refractivity contribution >= 4 is 0 Å². The van der Waals surface area contributed by atoms with Gasteiger partial charge in [-0.15, -0.1) is 0 Å². The Balaban J connectivity index is 2.21. The molecule has 3 nitrogen and oxygen atoms in total. The van der Waals surface area contributed by atoms with Crippen molar-refractivity contribution in [1.29, 1.82) is 0 Å². The third-order valence-electron chi connectivity index (χ3n) is 3.05. The molecule has 2 N–H and O–H groups in total. The highest BCUT2D eigenvalue weighted by molar-refractivity contribution is 5.40. The highest BCUT2D eigenvalue weighted by Crippen LogP contribution is 2.31. The number of rotatable bonds is 7. The average molecular weight is 289 g/mol. The van der Waals surface area contributed by atoms with E-state index in [0.717, 1.165) is 6.42 Å². The molecule has 4 heteroatoms. The topological polar surface area (TPSA) is 44.5 Å². The van der Waals surface area contributed by atoms with E-state index in [1.807, 2.05) is 25.1 Å². The fraction of sp³-hybridized carbons (Fsp3) is 0.294. The Hall–Kier alpha value is -2.07. The van der Waals surface area contributed by atoms with E-state index in [2.05, 4.69) is 0 Å². The summed E-state index contributed by atoms with van der Waals surface area (Å²) in [5.74, 6) is 0.902. The number of benzene rings is 2. The molecule has 112 valence electrons. The van der Waals surface area contributed by atoms with Crippen molar-refractivity contribution in [2.45, 2.75) is 19.4 Å². The van der Waals surface area contributed by atoms with Crippen LogP contribution < -0.4 is 15.2 Å². The molecule has 0 heterocycles. The predicted molar refractivity (Wildman–Crippen MR) is 81.1 cm³/mol. The van der Waals surface area contributed by atoms with Gasteiger partial charge in [0.15, 0.2) is 11.5 Å². The molecule has 2 aromatic carbocycles. The highest BCUT2D eigenvalue weighted by atomic mass is 19.1. The van der Waals surface area contributed by atoms with Crippen molar-refractivity contribution in [3.63, 3.8) is 0 Å². The molecule has 2 rings (SSSR count). The lowest BCUT2D eigenvalue weighted by atomic mass is 10.1. The second-order valence-electron chi connectivity index (χ2n) is 4.66. The van der Waals surface area contributed by atoms with Crippen LogP contribution in [0.1, 0.15) is 25.0 Å². The smallest absolute Gasteiger partial charge is 0.162 e. The zero-order valence-electron chi connectivity index (χ0n) is 12.1. The molecule has 0 aromatic heterocycles. The van der Waals surface area contributed by atoms with Crippen LogP contribution in [0.4, 0.5) is 4.39 Å². The van der Waals surface area contributed by atoms with Crippen molar-refractivity contribution in [3.05, 3.63) is 59.9 Å². The Morgan fingerprint density at radius 2 is 1.71 bits per heavy atom. The van der Waals surface area contributed by atoms with Crippen LogP contribution in [0.5, 0.6) is 11.5 Å². The molecule has 0 radical (unpaired) electrons. The SMILES string of the molecule is CCCOc1ccccc1OC(CN)c1ccccc1F. The van der Waals surface area contributed by atoms with E-state index >= 15 is 0 Å². The van der Waals surface area contributed by atoms with Crippen LogP contribution in [0.3, 0.4) is 0 Å². The molecule has 0 saturated carbocycles. The van der Waals surface area contributed by atoms with Gasteiger partial charge in [0.05, 0.1) is 6.61 Å². The molecule has 1 atom stereocenters. The van der Waals surface area contributed by atoms with Crippen molar-refractivity contribution in [3.8, 4) is 11.5 Å². The number of halogens is 1. The van der Waals surface area contributed by atoms with Gasteiger partial charge in [-0.05, 0) is 24.6 Å². The Morgan fingerprint density at radius 1 is 1.05 bits per heavy atom. The fourth-order valence-corrected chi connectivity index (χ4v) is 2.01. The van der Waals surface area contributed by atoms with E-state index in [1.165, 1.54) is 6.07 Å². The Kier molecular flexibility index (Phi) is 5.58. The van der Waals surface area contributed by atoms with Crippen molar-refractivity contribution < 1.29 is 13.9 Å². The minimum atomic E-state index is -0.544. The summed E-state index contributed by atoms with van der Waals surface area (Å²) in [4.78, 5) is 0. The minimum absolute atomic E-state index is 0.184. The van der Waals surface area contributed by atoms with Crippen molar-refractivity contribution in [2.75, 3.05) is 13.2 Å². The molecule has 0 saturated heterocycles. The van der Waals surface area contributed by atoms with Crippen LogP contribution in [-0.2, 0) is 0 Å². The number of hydrogen-bond acceptors (Lipinski definition) is 3. The monoisotopic (exact) mass is 289 g/mol. The average Bonchev–Trinajstić information content (AvgIpc) is 2.52. The first-order chi connectivity index (χ1) is 10.3. The first kappa shape index (κ1) is 15.3. The number of nitrogens with two attached hydrogens (primary N) is 1. The molecule has 0 amide bonds. The van der Waals surface area contributed by atoms with Crippen molar-refractivity contribution in [2.24, 2.45) is 5.73 Å². The Morgan fingerprint density at radius 3 is 2.38 bits per heavy atom. The molecule has 1 unspecified atom stereocenters.